The van der Waals surface area contributed by atoms with Crippen LogP contribution in [0.25, 0.3) is 11.4 Å². The summed E-state index contributed by atoms with van der Waals surface area (Å²) in [6.07, 6.45) is 0. The topological polar surface area (TPSA) is 84.6 Å². The maximum Gasteiger partial charge on any atom is 0.231 e. The molecule has 0 bridgehead atoms. The van der Waals surface area contributed by atoms with Crippen molar-refractivity contribution in [2.75, 3.05) is 37.6 Å². The van der Waals surface area contributed by atoms with Gasteiger partial charge in [0.25, 0.3) is 0 Å². The Labute approximate surface area is 218 Å². The number of benzene rings is 2. The van der Waals surface area contributed by atoms with Crippen LogP contribution >= 0.6 is 0 Å². The molecule has 3 aromatic rings. The van der Waals surface area contributed by atoms with Gasteiger partial charge in [-0.25, -0.2) is 14.4 Å². The van der Waals surface area contributed by atoms with Crippen LogP contribution in [0.5, 0.6) is 5.75 Å². The highest BCUT2D eigenvalue weighted by atomic mass is 19.1. The minimum atomic E-state index is -0.325. The highest BCUT2D eigenvalue weighted by molar-refractivity contribution is 5.76. The molecule has 8 heteroatoms. The molecule has 1 amide bonds. The SMILES string of the molecule is Cc1ccc(C(C)C)cc1OCc1c(C)nc(-c2ccc(F)cc2C)nc1N1CCN(CC(N)=O)CC1. The molecule has 196 valence electrons. The third kappa shape index (κ3) is 6.25. The van der Waals surface area contributed by atoms with Gasteiger partial charge in [-0.2, -0.15) is 0 Å². The second-order valence-corrected chi connectivity index (χ2v) is 10.1. The number of hydrogen-bond donors (Lipinski definition) is 1. The Morgan fingerprint density at radius 1 is 1.03 bits per heavy atom. The van der Waals surface area contributed by atoms with Gasteiger partial charge in [0.15, 0.2) is 5.82 Å². The van der Waals surface area contributed by atoms with Gasteiger partial charge in [-0.15, -0.1) is 0 Å². The van der Waals surface area contributed by atoms with E-state index in [1.165, 1.54) is 17.7 Å². The number of carbonyl (C=O) groups excluding carboxylic acids is 1. The Morgan fingerprint density at radius 2 is 1.76 bits per heavy atom. The molecule has 1 aromatic heterocycles. The first kappa shape index (κ1) is 26.5. The molecule has 1 aliphatic rings. The predicted molar refractivity (Wildman–Crippen MR) is 144 cm³/mol. The van der Waals surface area contributed by atoms with Crippen LogP contribution in [0.4, 0.5) is 10.2 Å². The van der Waals surface area contributed by atoms with Crippen LogP contribution in [0.1, 0.15) is 47.7 Å². The number of anilines is 1. The number of carbonyl (C=O) groups is 1. The second-order valence-electron chi connectivity index (χ2n) is 10.1. The summed E-state index contributed by atoms with van der Waals surface area (Å²) >= 11 is 0. The van der Waals surface area contributed by atoms with Crippen molar-refractivity contribution in [3.63, 3.8) is 0 Å². The Morgan fingerprint density at radius 3 is 2.41 bits per heavy atom. The molecule has 0 aliphatic carbocycles. The van der Waals surface area contributed by atoms with Gasteiger partial charge in [0.2, 0.25) is 5.91 Å². The van der Waals surface area contributed by atoms with Gasteiger partial charge in [0.1, 0.15) is 24.0 Å². The van der Waals surface area contributed by atoms with E-state index >= 15 is 0 Å². The number of piperazine rings is 1. The van der Waals surface area contributed by atoms with Crippen LogP contribution in [0, 0.1) is 26.6 Å². The first-order valence-electron chi connectivity index (χ1n) is 12.8. The first-order valence-corrected chi connectivity index (χ1v) is 12.8. The minimum absolute atomic E-state index is 0.248. The van der Waals surface area contributed by atoms with Gasteiger partial charge in [0, 0.05) is 31.7 Å². The Hall–Kier alpha value is -3.52. The second kappa shape index (κ2) is 11.3. The van der Waals surface area contributed by atoms with Crippen molar-refractivity contribution in [2.45, 2.75) is 47.1 Å². The summed E-state index contributed by atoms with van der Waals surface area (Å²) in [6, 6.07) is 11.0. The van der Waals surface area contributed by atoms with Crippen molar-refractivity contribution in [1.82, 2.24) is 14.9 Å². The molecule has 7 nitrogen and oxygen atoms in total. The number of nitrogens with zero attached hydrogens (tertiary/aromatic N) is 4. The number of ether oxygens (including phenoxy) is 1. The molecule has 37 heavy (non-hydrogen) atoms. The normalized spacial score (nSPS) is 14.3. The molecular formula is C29H36FN5O2. The number of aryl methyl sites for hydroxylation is 3. The van der Waals surface area contributed by atoms with Crippen molar-refractivity contribution in [2.24, 2.45) is 5.73 Å². The van der Waals surface area contributed by atoms with Crippen molar-refractivity contribution >= 4 is 11.7 Å². The molecule has 0 radical (unpaired) electrons. The number of halogens is 1. The van der Waals surface area contributed by atoms with E-state index in [0.717, 1.165) is 39.5 Å². The largest absolute Gasteiger partial charge is 0.488 e. The lowest BCUT2D eigenvalue weighted by Gasteiger charge is -2.36. The summed E-state index contributed by atoms with van der Waals surface area (Å²) in [5.41, 5.74) is 11.0. The van der Waals surface area contributed by atoms with E-state index in [4.69, 9.17) is 20.4 Å². The van der Waals surface area contributed by atoms with Crippen LogP contribution in [-0.4, -0.2) is 53.5 Å². The molecule has 2 aromatic carbocycles. The van der Waals surface area contributed by atoms with E-state index in [1.807, 2.05) is 20.8 Å². The number of primary amides is 1. The zero-order valence-electron chi connectivity index (χ0n) is 22.3. The van der Waals surface area contributed by atoms with Crippen LogP contribution in [-0.2, 0) is 11.4 Å². The van der Waals surface area contributed by atoms with E-state index < -0.39 is 0 Å². The standard InChI is InChI=1S/C29H36FN5O2/c1-18(2)22-7-6-19(3)26(15-22)37-17-25-21(5)32-28(24-9-8-23(30)14-20(24)4)33-29(25)35-12-10-34(11-13-35)16-27(31)36/h6-9,14-15,18H,10-13,16-17H2,1-5H3,(H2,31,36). The average molecular weight is 506 g/mol. The third-order valence-corrected chi connectivity index (χ3v) is 6.92. The third-order valence-electron chi connectivity index (χ3n) is 6.92. The van der Waals surface area contributed by atoms with Crippen molar-refractivity contribution < 1.29 is 13.9 Å². The monoisotopic (exact) mass is 505 g/mol. The van der Waals surface area contributed by atoms with Crippen LogP contribution < -0.4 is 15.4 Å². The fraction of sp³-hybridized carbons (Fsp3) is 0.414. The number of aromatic nitrogens is 2. The minimum Gasteiger partial charge on any atom is -0.488 e. The summed E-state index contributed by atoms with van der Waals surface area (Å²) in [5.74, 6) is 2.01. The highest BCUT2D eigenvalue weighted by Gasteiger charge is 2.24. The molecule has 4 rings (SSSR count). The van der Waals surface area contributed by atoms with Gasteiger partial charge in [-0.1, -0.05) is 26.0 Å². The molecule has 2 N–H and O–H groups in total. The summed E-state index contributed by atoms with van der Waals surface area (Å²) in [5, 5.41) is 0. The lowest BCUT2D eigenvalue weighted by Crippen LogP contribution is -2.49. The summed E-state index contributed by atoms with van der Waals surface area (Å²) in [6.45, 7) is 13.6. The molecule has 1 aliphatic heterocycles. The van der Waals surface area contributed by atoms with Gasteiger partial charge in [-0.05, 0) is 67.6 Å². The van der Waals surface area contributed by atoms with E-state index in [2.05, 4.69) is 41.8 Å². The maximum atomic E-state index is 13.8. The van der Waals surface area contributed by atoms with E-state index in [0.29, 0.717) is 44.5 Å². The molecule has 0 unspecified atom stereocenters. The maximum absolute atomic E-state index is 13.8. The molecule has 1 saturated heterocycles. The number of nitrogens with two attached hydrogens (primary N) is 1. The number of hydrogen-bond acceptors (Lipinski definition) is 6. The van der Waals surface area contributed by atoms with Crippen molar-refractivity contribution in [3.8, 4) is 17.1 Å². The zero-order chi connectivity index (χ0) is 26.7. The van der Waals surface area contributed by atoms with Crippen LogP contribution in [0.2, 0.25) is 0 Å². The van der Waals surface area contributed by atoms with Gasteiger partial charge in [-0.3, -0.25) is 9.69 Å². The molecule has 0 atom stereocenters. The Balaban J connectivity index is 1.69. The summed E-state index contributed by atoms with van der Waals surface area (Å²) in [4.78, 5) is 25.5. The van der Waals surface area contributed by atoms with E-state index in [9.17, 15) is 9.18 Å². The lowest BCUT2D eigenvalue weighted by atomic mass is 10.0. The molecule has 0 saturated carbocycles. The quantitative estimate of drug-likeness (QED) is 0.485. The molecule has 0 spiro atoms. The Bertz CT molecular complexity index is 1290. The number of amides is 1. The molecule has 1 fully saturated rings. The van der Waals surface area contributed by atoms with Crippen LogP contribution in [0.3, 0.4) is 0 Å². The fourth-order valence-corrected chi connectivity index (χ4v) is 4.63. The smallest absolute Gasteiger partial charge is 0.231 e. The van der Waals surface area contributed by atoms with Crippen molar-refractivity contribution in [3.05, 3.63) is 70.2 Å². The molecule has 2 heterocycles. The van der Waals surface area contributed by atoms with Crippen molar-refractivity contribution in [1.29, 1.82) is 0 Å². The zero-order valence-corrected chi connectivity index (χ0v) is 22.3. The highest BCUT2D eigenvalue weighted by Crippen LogP contribution is 2.30. The predicted octanol–water partition coefficient (Wildman–Crippen LogP) is 4.52. The van der Waals surface area contributed by atoms with E-state index in [1.54, 1.807) is 6.07 Å². The first-order chi connectivity index (χ1) is 17.6. The summed E-state index contributed by atoms with van der Waals surface area (Å²) in [7, 11) is 0. The number of rotatable bonds is 8. The summed E-state index contributed by atoms with van der Waals surface area (Å²) < 4.78 is 20.1. The van der Waals surface area contributed by atoms with E-state index in [-0.39, 0.29) is 18.3 Å². The molecular weight excluding hydrogens is 469 g/mol. The van der Waals surface area contributed by atoms with Gasteiger partial charge >= 0.3 is 0 Å². The lowest BCUT2D eigenvalue weighted by molar-refractivity contribution is -0.119. The van der Waals surface area contributed by atoms with Gasteiger partial charge < -0.3 is 15.4 Å². The van der Waals surface area contributed by atoms with Gasteiger partial charge in [0.05, 0.1) is 17.8 Å². The average Bonchev–Trinajstić information content (AvgIpc) is 2.84. The fourth-order valence-electron chi connectivity index (χ4n) is 4.63. The van der Waals surface area contributed by atoms with Crippen LogP contribution in [0.15, 0.2) is 36.4 Å². The Kier molecular flexibility index (Phi) is 8.07.